The maximum absolute atomic E-state index is 12.4. The largest absolute Gasteiger partial charge is 0.507 e. The van der Waals surface area contributed by atoms with Crippen LogP contribution in [-0.2, 0) is 0 Å². The fourth-order valence-electron chi connectivity index (χ4n) is 3.15. The highest BCUT2D eigenvalue weighted by Crippen LogP contribution is 2.34. The Labute approximate surface area is 176 Å². The first-order chi connectivity index (χ1) is 13.8. The van der Waals surface area contributed by atoms with Gasteiger partial charge in [0.1, 0.15) is 11.3 Å². The van der Waals surface area contributed by atoms with E-state index < -0.39 is 5.91 Å². The summed E-state index contributed by atoms with van der Waals surface area (Å²) in [6.07, 6.45) is 0. The minimum atomic E-state index is -0.410. The SMILES string of the molecule is Cc1cc(C)c2oc(-c3ccc(NC(=O)c4ccc(Cl)cc4Cl)cc3O)nc2c1. The lowest BCUT2D eigenvalue weighted by Crippen LogP contribution is -2.12. The minimum absolute atomic E-state index is 0.0639. The summed E-state index contributed by atoms with van der Waals surface area (Å²) in [6, 6.07) is 13.3. The number of hydrogen-bond acceptors (Lipinski definition) is 4. The highest BCUT2D eigenvalue weighted by atomic mass is 35.5. The normalized spacial score (nSPS) is 11.0. The van der Waals surface area contributed by atoms with Gasteiger partial charge in [0.15, 0.2) is 5.58 Å². The molecule has 0 radical (unpaired) electrons. The number of hydrogen-bond donors (Lipinski definition) is 2. The van der Waals surface area contributed by atoms with Gasteiger partial charge in [-0.1, -0.05) is 29.3 Å². The van der Waals surface area contributed by atoms with Gasteiger partial charge in [0, 0.05) is 16.8 Å². The van der Waals surface area contributed by atoms with E-state index in [1.807, 2.05) is 26.0 Å². The standard InChI is InChI=1S/C22H16Cl2N2O3/c1-11-7-12(2)20-18(8-11)26-22(29-20)16-6-4-14(10-19(16)27)25-21(28)15-5-3-13(23)9-17(15)24/h3-10,27H,1-2H3,(H,25,28). The van der Waals surface area contributed by atoms with Gasteiger partial charge < -0.3 is 14.8 Å². The van der Waals surface area contributed by atoms with Gasteiger partial charge in [-0.2, -0.15) is 0 Å². The predicted molar refractivity (Wildman–Crippen MR) is 115 cm³/mol. The molecule has 2 N–H and O–H groups in total. The number of amides is 1. The van der Waals surface area contributed by atoms with Crippen LogP contribution in [0.1, 0.15) is 21.5 Å². The lowest BCUT2D eigenvalue weighted by Gasteiger charge is -2.09. The van der Waals surface area contributed by atoms with Crippen LogP contribution in [0.25, 0.3) is 22.6 Å². The molecule has 0 bridgehead atoms. The Kier molecular flexibility index (Phi) is 4.94. The quantitative estimate of drug-likeness (QED) is 0.398. The number of phenols is 1. The summed E-state index contributed by atoms with van der Waals surface area (Å²) in [4.78, 5) is 16.9. The second-order valence-corrected chi connectivity index (χ2v) is 7.60. The van der Waals surface area contributed by atoms with E-state index in [9.17, 15) is 9.90 Å². The Hall–Kier alpha value is -3.02. The van der Waals surface area contributed by atoms with Crippen molar-refractivity contribution in [1.82, 2.24) is 4.98 Å². The third kappa shape index (κ3) is 3.79. The van der Waals surface area contributed by atoms with Gasteiger partial charge in [-0.15, -0.1) is 0 Å². The van der Waals surface area contributed by atoms with Crippen LogP contribution in [0.4, 0.5) is 5.69 Å². The fraction of sp³-hybridized carbons (Fsp3) is 0.0909. The van der Waals surface area contributed by atoms with E-state index >= 15 is 0 Å². The van der Waals surface area contributed by atoms with E-state index in [2.05, 4.69) is 10.3 Å². The maximum atomic E-state index is 12.4. The Morgan fingerprint density at radius 1 is 1.07 bits per heavy atom. The average molecular weight is 427 g/mol. The number of benzene rings is 3. The number of aromatic hydroxyl groups is 1. The third-order valence-electron chi connectivity index (χ3n) is 4.48. The molecule has 3 aromatic carbocycles. The second kappa shape index (κ2) is 7.43. The molecule has 0 saturated heterocycles. The zero-order valence-electron chi connectivity index (χ0n) is 15.6. The average Bonchev–Trinajstić information content (AvgIpc) is 3.05. The molecule has 0 fully saturated rings. The van der Waals surface area contributed by atoms with Crippen LogP contribution < -0.4 is 5.32 Å². The molecule has 0 unspecified atom stereocenters. The molecule has 1 heterocycles. The van der Waals surface area contributed by atoms with Crippen LogP contribution >= 0.6 is 23.2 Å². The molecule has 0 aliphatic carbocycles. The number of rotatable bonds is 3. The molecule has 29 heavy (non-hydrogen) atoms. The molecule has 1 amide bonds. The van der Waals surface area contributed by atoms with Crippen molar-refractivity contribution in [3.63, 3.8) is 0 Å². The summed E-state index contributed by atoms with van der Waals surface area (Å²) < 4.78 is 5.85. The second-order valence-electron chi connectivity index (χ2n) is 6.76. The van der Waals surface area contributed by atoms with E-state index in [-0.39, 0.29) is 16.3 Å². The number of carbonyl (C=O) groups is 1. The Morgan fingerprint density at radius 2 is 1.86 bits per heavy atom. The van der Waals surface area contributed by atoms with Crippen molar-refractivity contribution >= 4 is 45.9 Å². The summed E-state index contributed by atoms with van der Waals surface area (Å²) >= 11 is 11.9. The van der Waals surface area contributed by atoms with Crippen LogP contribution in [-0.4, -0.2) is 16.0 Å². The van der Waals surface area contributed by atoms with Crippen molar-refractivity contribution in [2.45, 2.75) is 13.8 Å². The Bertz CT molecular complexity index is 1260. The summed E-state index contributed by atoms with van der Waals surface area (Å²) in [7, 11) is 0. The van der Waals surface area contributed by atoms with Crippen LogP contribution in [0.15, 0.2) is 52.9 Å². The molecule has 4 aromatic rings. The van der Waals surface area contributed by atoms with Crippen LogP contribution in [0.5, 0.6) is 5.75 Å². The molecule has 0 atom stereocenters. The number of nitrogens with one attached hydrogen (secondary N) is 1. The summed E-state index contributed by atoms with van der Waals surface area (Å²) in [5, 5.41) is 13.9. The van der Waals surface area contributed by atoms with Gasteiger partial charge in [-0.05, 0) is 61.4 Å². The third-order valence-corrected chi connectivity index (χ3v) is 5.03. The van der Waals surface area contributed by atoms with Crippen molar-refractivity contribution in [3.05, 3.63) is 75.3 Å². The van der Waals surface area contributed by atoms with Crippen molar-refractivity contribution in [1.29, 1.82) is 0 Å². The van der Waals surface area contributed by atoms with Crippen molar-refractivity contribution in [2.75, 3.05) is 5.32 Å². The zero-order chi connectivity index (χ0) is 20.7. The van der Waals surface area contributed by atoms with E-state index in [0.29, 0.717) is 27.7 Å². The first kappa shape index (κ1) is 19.3. The van der Waals surface area contributed by atoms with Crippen molar-refractivity contribution in [2.24, 2.45) is 0 Å². The number of fused-ring (bicyclic) bond motifs is 1. The monoisotopic (exact) mass is 426 g/mol. The van der Waals surface area contributed by atoms with E-state index in [0.717, 1.165) is 16.6 Å². The number of oxazole rings is 1. The topological polar surface area (TPSA) is 75.4 Å². The summed E-state index contributed by atoms with van der Waals surface area (Å²) in [5.74, 6) is -0.164. The molecule has 0 aliphatic rings. The van der Waals surface area contributed by atoms with E-state index in [4.69, 9.17) is 27.6 Å². The molecular formula is C22H16Cl2N2O3. The first-order valence-corrected chi connectivity index (χ1v) is 9.55. The molecule has 146 valence electrons. The molecule has 0 aliphatic heterocycles. The molecule has 1 aromatic heterocycles. The number of carbonyl (C=O) groups excluding carboxylic acids is 1. The molecule has 7 heteroatoms. The highest BCUT2D eigenvalue weighted by Gasteiger charge is 2.16. The maximum Gasteiger partial charge on any atom is 0.257 e. The van der Waals surface area contributed by atoms with Gasteiger partial charge in [-0.3, -0.25) is 4.79 Å². The molecule has 0 saturated carbocycles. The Balaban J connectivity index is 1.63. The molecular weight excluding hydrogens is 411 g/mol. The number of aromatic nitrogens is 1. The van der Waals surface area contributed by atoms with Crippen molar-refractivity contribution in [3.8, 4) is 17.2 Å². The van der Waals surface area contributed by atoms with Gasteiger partial charge in [0.2, 0.25) is 5.89 Å². The zero-order valence-corrected chi connectivity index (χ0v) is 17.1. The number of aryl methyl sites for hydroxylation is 2. The minimum Gasteiger partial charge on any atom is -0.507 e. The molecule has 5 nitrogen and oxygen atoms in total. The van der Waals surface area contributed by atoms with Gasteiger partial charge >= 0.3 is 0 Å². The van der Waals surface area contributed by atoms with E-state index in [1.165, 1.54) is 18.2 Å². The van der Waals surface area contributed by atoms with Gasteiger partial charge in [0.05, 0.1) is 16.1 Å². The highest BCUT2D eigenvalue weighted by molar-refractivity contribution is 6.37. The first-order valence-electron chi connectivity index (χ1n) is 8.79. The lowest BCUT2D eigenvalue weighted by atomic mass is 10.1. The molecule has 4 rings (SSSR count). The summed E-state index contributed by atoms with van der Waals surface area (Å²) in [5.41, 5.74) is 4.59. The molecule has 0 spiro atoms. The Morgan fingerprint density at radius 3 is 2.59 bits per heavy atom. The van der Waals surface area contributed by atoms with Crippen LogP contribution in [0, 0.1) is 13.8 Å². The van der Waals surface area contributed by atoms with Crippen molar-refractivity contribution < 1.29 is 14.3 Å². The van der Waals surface area contributed by atoms with Crippen LogP contribution in [0.2, 0.25) is 10.0 Å². The number of phenolic OH excluding ortho intramolecular Hbond substituents is 1. The lowest BCUT2D eigenvalue weighted by molar-refractivity contribution is 0.102. The smallest absolute Gasteiger partial charge is 0.257 e. The fourth-order valence-corrected chi connectivity index (χ4v) is 3.65. The predicted octanol–water partition coefficient (Wildman–Crippen LogP) is 6.38. The van der Waals surface area contributed by atoms with E-state index in [1.54, 1.807) is 18.2 Å². The number of nitrogens with zero attached hydrogens (tertiary/aromatic N) is 1. The van der Waals surface area contributed by atoms with Crippen LogP contribution in [0.3, 0.4) is 0 Å². The number of halogens is 2. The number of anilines is 1. The van der Waals surface area contributed by atoms with Gasteiger partial charge in [-0.25, -0.2) is 4.98 Å². The summed E-state index contributed by atoms with van der Waals surface area (Å²) in [6.45, 7) is 3.94. The van der Waals surface area contributed by atoms with Gasteiger partial charge in [0.25, 0.3) is 5.91 Å².